The van der Waals surface area contributed by atoms with Crippen molar-refractivity contribution in [2.45, 2.75) is 19.3 Å². The van der Waals surface area contributed by atoms with Crippen LogP contribution in [0.25, 0.3) is 10.2 Å². The molecule has 2 aromatic heterocycles. The molecule has 0 spiro atoms. The number of hydrogen-bond acceptors (Lipinski definition) is 4. The summed E-state index contributed by atoms with van der Waals surface area (Å²) in [5, 5.41) is 1.64. The standard InChI is InChI=1S/C11H12ClN3S/c12-10-9-7-3-6(4-13)1-2-8(7)16-11(9)15-5-14-10/h5-6H,1-4,13H2. The van der Waals surface area contributed by atoms with E-state index < -0.39 is 0 Å². The van der Waals surface area contributed by atoms with Crippen molar-refractivity contribution in [1.29, 1.82) is 0 Å². The van der Waals surface area contributed by atoms with Crippen LogP contribution in [0.1, 0.15) is 16.9 Å². The number of rotatable bonds is 1. The molecule has 1 aliphatic carbocycles. The van der Waals surface area contributed by atoms with Crippen molar-refractivity contribution in [2.24, 2.45) is 11.7 Å². The van der Waals surface area contributed by atoms with Gasteiger partial charge < -0.3 is 5.73 Å². The van der Waals surface area contributed by atoms with E-state index in [0.717, 1.165) is 29.6 Å². The second-order valence-corrected chi connectivity index (χ2v) is 5.63. The fourth-order valence-corrected chi connectivity index (χ4v) is 3.83. The Morgan fingerprint density at radius 2 is 2.38 bits per heavy atom. The highest BCUT2D eigenvalue weighted by Gasteiger charge is 2.23. The molecule has 0 fully saturated rings. The van der Waals surface area contributed by atoms with E-state index in [0.29, 0.717) is 11.1 Å². The highest BCUT2D eigenvalue weighted by Crippen LogP contribution is 2.39. The number of halogens is 1. The first-order valence-corrected chi connectivity index (χ1v) is 6.60. The maximum absolute atomic E-state index is 6.15. The average molecular weight is 254 g/mol. The molecular formula is C11H12ClN3S. The predicted molar refractivity (Wildman–Crippen MR) is 67.0 cm³/mol. The van der Waals surface area contributed by atoms with Crippen LogP contribution >= 0.6 is 22.9 Å². The Morgan fingerprint density at radius 1 is 1.50 bits per heavy atom. The molecule has 5 heteroatoms. The Bertz CT molecular complexity index is 537. The zero-order valence-corrected chi connectivity index (χ0v) is 10.3. The summed E-state index contributed by atoms with van der Waals surface area (Å²) in [5.74, 6) is 0.585. The molecule has 84 valence electrons. The zero-order valence-electron chi connectivity index (χ0n) is 8.74. The van der Waals surface area contributed by atoms with E-state index in [1.807, 2.05) is 0 Å². The number of nitrogens with zero attached hydrogens (tertiary/aromatic N) is 2. The minimum atomic E-state index is 0.583. The summed E-state index contributed by atoms with van der Waals surface area (Å²) >= 11 is 7.90. The minimum absolute atomic E-state index is 0.583. The van der Waals surface area contributed by atoms with Crippen LogP contribution in [-0.2, 0) is 12.8 Å². The topological polar surface area (TPSA) is 51.8 Å². The number of aryl methyl sites for hydroxylation is 1. The Hall–Kier alpha value is -0.710. The van der Waals surface area contributed by atoms with Gasteiger partial charge in [-0.05, 0) is 37.3 Å². The Morgan fingerprint density at radius 3 is 3.19 bits per heavy atom. The average Bonchev–Trinajstić information content (AvgIpc) is 2.67. The van der Waals surface area contributed by atoms with Gasteiger partial charge in [-0.1, -0.05) is 11.6 Å². The van der Waals surface area contributed by atoms with Gasteiger partial charge in [-0.3, -0.25) is 0 Å². The van der Waals surface area contributed by atoms with Gasteiger partial charge in [0, 0.05) is 4.88 Å². The molecule has 1 aliphatic rings. The van der Waals surface area contributed by atoms with Crippen LogP contribution in [0.5, 0.6) is 0 Å². The normalized spacial score (nSPS) is 20.0. The SMILES string of the molecule is NCC1CCc2sc3ncnc(Cl)c3c2C1. The Kier molecular flexibility index (Phi) is 2.58. The molecule has 1 unspecified atom stereocenters. The molecule has 3 nitrogen and oxygen atoms in total. The van der Waals surface area contributed by atoms with Gasteiger partial charge in [0.2, 0.25) is 0 Å². The van der Waals surface area contributed by atoms with Gasteiger partial charge >= 0.3 is 0 Å². The fraction of sp³-hybridized carbons (Fsp3) is 0.455. The molecule has 0 saturated carbocycles. The van der Waals surface area contributed by atoms with Crippen molar-refractivity contribution in [3.63, 3.8) is 0 Å². The van der Waals surface area contributed by atoms with Gasteiger partial charge in [0.15, 0.2) is 0 Å². The maximum Gasteiger partial charge on any atom is 0.141 e. The van der Waals surface area contributed by atoms with Crippen LogP contribution in [0.2, 0.25) is 5.15 Å². The smallest absolute Gasteiger partial charge is 0.141 e. The first-order valence-electron chi connectivity index (χ1n) is 5.40. The summed E-state index contributed by atoms with van der Waals surface area (Å²) in [6, 6.07) is 0. The van der Waals surface area contributed by atoms with Gasteiger partial charge in [-0.15, -0.1) is 11.3 Å². The first kappa shape index (κ1) is 10.4. The molecule has 2 N–H and O–H groups in total. The summed E-state index contributed by atoms with van der Waals surface area (Å²) in [6.07, 6.45) is 4.85. The van der Waals surface area contributed by atoms with Crippen LogP contribution in [-0.4, -0.2) is 16.5 Å². The molecular weight excluding hydrogens is 242 g/mol. The molecule has 1 atom stereocenters. The van der Waals surface area contributed by atoms with Crippen LogP contribution < -0.4 is 5.73 Å². The molecule has 16 heavy (non-hydrogen) atoms. The molecule has 0 aliphatic heterocycles. The first-order chi connectivity index (χ1) is 7.79. The van der Waals surface area contributed by atoms with Crippen LogP contribution in [0.15, 0.2) is 6.33 Å². The molecule has 0 aromatic carbocycles. The van der Waals surface area contributed by atoms with Crippen molar-refractivity contribution in [3.05, 3.63) is 21.9 Å². The number of hydrogen-bond donors (Lipinski definition) is 1. The molecule has 0 radical (unpaired) electrons. The third kappa shape index (κ3) is 1.52. The lowest BCUT2D eigenvalue weighted by Crippen LogP contribution is -2.21. The van der Waals surface area contributed by atoms with Crippen molar-refractivity contribution in [1.82, 2.24) is 9.97 Å². The quantitative estimate of drug-likeness (QED) is 0.794. The fourth-order valence-electron chi connectivity index (χ4n) is 2.34. The molecule has 3 rings (SSSR count). The van der Waals surface area contributed by atoms with Gasteiger partial charge in [-0.2, -0.15) is 0 Å². The van der Waals surface area contributed by atoms with E-state index >= 15 is 0 Å². The Balaban J connectivity index is 2.19. The van der Waals surface area contributed by atoms with E-state index in [1.54, 1.807) is 11.3 Å². The predicted octanol–water partition coefficient (Wildman–Crippen LogP) is 2.41. The second kappa shape index (κ2) is 3.95. The minimum Gasteiger partial charge on any atom is -0.330 e. The highest BCUT2D eigenvalue weighted by atomic mass is 35.5. The van der Waals surface area contributed by atoms with Gasteiger partial charge in [0.25, 0.3) is 0 Å². The molecule has 0 saturated heterocycles. The van der Waals surface area contributed by atoms with Gasteiger partial charge in [0.05, 0.1) is 5.39 Å². The zero-order chi connectivity index (χ0) is 11.1. The van der Waals surface area contributed by atoms with E-state index in [2.05, 4.69) is 9.97 Å². The number of nitrogens with two attached hydrogens (primary N) is 1. The molecule has 2 aromatic rings. The van der Waals surface area contributed by atoms with Crippen LogP contribution in [0.3, 0.4) is 0 Å². The number of aromatic nitrogens is 2. The third-order valence-corrected chi connectivity index (χ3v) is 4.72. The monoisotopic (exact) mass is 253 g/mol. The van der Waals surface area contributed by atoms with Crippen molar-refractivity contribution in [3.8, 4) is 0 Å². The largest absolute Gasteiger partial charge is 0.330 e. The lowest BCUT2D eigenvalue weighted by molar-refractivity contribution is 0.475. The lowest BCUT2D eigenvalue weighted by Gasteiger charge is -2.20. The molecule has 2 heterocycles. The highest BCUT2D eigenvalue weighted by molar-refractivity contribution is 7.19. The summed E-state index contributed by atoms with van der Waals surface area (Å²) in [5.41, 5.74) is 7.09. The number of thiophene rings is 1. The van der Waals surface area contributed by atoms with Gasteiger partial charge in [-0.25, -0.2) is 9.97 Å². The van der Waals surface area contributed by atoms with Crippen molar-refractivity contribution < 1.29 is 0 Å². The summed E-state index contributed by atoms with van der Waals surface area (Å²) in [4.78, 5) is 10.8. The van der Waals surface area contributed by atoms with Crippen LogP contribution in [0, 0.1) is 5.92 Å². The Labute approximate surface area is 103 Å². The summed E-state index contributed by atoms with van der Waals surface area (Å²) in [7, 11) is 0. The van der Waals surface area contributed by atoms with Gasteiger partial charge in [0.1, 0.15) is 16.3 Å². The molecule has 0 amide bonds. The third-order valence-electron chi connectivity index (χ3n) is 3.23. The van der Waals surface area contributed by atoms with Crippen LogP contribution in [0.4, 0.5) is 0 Å². The van der Waals surface area contributed by atoms with E-state index in [-0.39, 0.29) is 0 Å². The summed E-state index contributed by atoms with van der Waals surface area (Å²) in [6.45, 7) is 0.752. The summed E-state index contributed by atoms with van der Waals surface area (Å²) < 4.78 is 0. The van der Waals surface area contributed by atoms with E-state index in [4.69, 9.17) is 17.3 Å². The van der Waals surface area contributed by atoms with Crippen molar-refractivity contribution >= 4 is 33.2 Å². The molecule has 0 bridgehead atoms. The number of fused-ring (bicyclic) bond motifs is 3. The maximum atomic E-state index is 6.15. The van der Waals surface area contributed by atoms with E-state index in [9.17, 15) is 0 Å². The van der Waals surface area contributed by atoms with Crippen molar-refractivity contribution in [2.75, 3.05) is 6.54 Å². The second-order valence-electron chi connectivity index (χ2n) is 4.19. The lowest BCUT2D eigenvalue weighted by atomic mass is 9.87. The van der Waals surface area contributed by atoms with E-state index in [1.165, 1.54) is 23.2 Å².